The van der Waals surface area contributed by atoms with Crippen LogP contribution in [0.4, 0.5) is 5.69 Å². The van der Waals surface area contributed by atoms with Crippen molar-refractivity contribution in [2.45, 2.75) is 31.0 Å². The van der Waals surface area contributed by atoms with Crippen LogP contribution in [-0.4, -0.2) is 28.2 Å². The van der Waals surface area contributed by atoms with Gasteiger partial charge in [-0.2, -0.15) is 0 Å². The summed E-state index contributed by atoms with van der Waals surface area (Å²) in [4.78, 5) is 23.5. The molecule has 1 atom stereocenters. The zero-order valence-corrected chi connectivity index (χ0v) is 17.2. The number of hydrogen-bond acceptors (Lipinski definition) is 6. The highest BCUT2D eigenvalue weighted by atomic mass is 35.5. The Morgan fingerprint density at radius 2 is 2.12 bits per heavy atom. The Kier molecular flexibility index (Phi) is 5.70. The average Bonchev–Trinajstić information content (AvgIpc) is 2.90. The highest BCUT2D eigenvalue weighted by Crippen LogP contribution is 2.36. The van der Waals surface area contributed by atoms with E-state index >= 15 is 0 Å². The molecule has 0 aliphatic carbocycles. The molecule has 0 fully saturated rings. The summed E-state index contributed by atoms with van der Waals surface area (Å²) < 4.78 is 5.12. The molecule has 0 unspecified atom stereocenters. The molecule has 0 radical (unpaired) electrons. The topological polar surface area (TPSA) is 64.1 Å². The summed E-state index contributed by atoms with van der Waals surface area (Å²) >= 11 is 9.18. The molecule has 1 amide bonds. The largest absolute Gasteiger partial charge is 0.495 e. The van der Waals surface area contributed by atoms with Gasteiger partial charge in [-0.15, -0.1) is 11.3 Å². The van der Waals surface area contributed by atoms with Crippen LogP contribution in [0.3, 0.4) is 0 Å². The van der Waals surface area contributed by atoms with Crippen LogP contribution in [0.1, 0.15) is 17.4 Å². The van der Waals surface area contributed by atoms with Gasteiger partial charge in [-0.05, 0) is 44.5 Å². The van der Waals surface area contributed by atoms with Crippen molar-refractivity contribution in [2.75, 3.05) is 12.4 Å². The van der Waals surface area contributed by atoms with Gasteiger partial charge in [0, 0.05) is 16.0 Å². The maximum absolute atomic E-state index is 12.6. The van der Waals surface area contributed by atoms with Crippen LogP contribution in [0.5, 0.6) is 5.75 Å². The van der Waals surface area contributed by atoms with Crippen LogP contribution in [0, 0.1) is 13.8 Å². The molecule has 1 aromatic carbocycles. The summed E-state index contributed by atoms with van der Waals surface area (Å²) in [6, 6.07) is 5.15. The molecular formula is C18H18ClN3O2S2. The molecule has 3 aromatic rings. The highest BCUT2D eigenvalue weighted by Gasteiger charge is 2.19. The zero-order valence-electron chi connectivity index (χ0n) is 14.8. The number of aromatic nitrogens is 2. The van der Waals surface area contributed by atoms with Gasteiger partial charge in [-0.1, -0.05) is 23.4 Å². The summed E-state index contributed by atoms with van der Waals surface area (Å²) in [5.74, 6) is 0.450. The molecule has 136 valence electrons. The molecule has 5 nitrogen and oxygen atoms in total. The Bertz CT molecular complexity index is 974. The van der Waals surface area contributed by atoms with Crippen LogP contribution >= 0.6 is 34.7 Å². The number of ether oxygens (including phenoxy) is 1. The predicted molar refractivity (Wildman–Crippen MR) is 109 cm³/mol. The average molecular weight is 408 g/mol. The lowest BCUT2D eigenvalue weighted by Gasteiger charge is -2.13. The lowest BCUT2D eigenvalue weighted by molar-refractivity contribution is -0.115. The second-order valence-corrected chi connectivity index (χ2v) is 8.68. The highest BCUT2D eigenvalue weighted by molar-refractivity contribution is 8.00. The van der Waals surface area contributed by atoms with Crippen molar-refractivity contribution in [1.82, 2.24) is 9.97 Å². The number of nitrogens with zero attached hydrogens (tertiary/aromatic N) is 2. The Labute approximate surface area is 165 Å². The van der Waals surface area contributed by atoms with Crippen LogP contribution in [-0.2, 0) is 4.79 Å². The van der Waals surface area contributed by atoms with E-state index in [1.807, 2.05) is 6.92 Å². The minimum absolute atomic E-state index is 0.118. The third kappa shape index (κ3) is 3.79. The van der Waals surface area contributed by atoms with Gasteiger partial charge in [0.15, 0.2) is 0 Å². The number of amides is 1. The third-order valence-corrected chi connectivity index (χ3v) is 6.52. The van der Waals surface area contributed by atoms with E-state index in [0.717, 1.165) is 15.2 Å². The normalized spacial score (nSPS) is 12.2. The molecule has 0 bridgehead atoms. The number of carbonyl (C=O) groups excluding carboxylic acids is 1. The Morgan fingerprint density at radius 3 is 2.81 bits per heavy atom. The predicted octanol–water partition coefficient (Wildman–Crippen LogP) is 5.09. The molecule has 8 heteroatoms. The molecule has 0 saturated carbocycles. The van der Waals surface area contributed by atoms with E-state index in [4.69, 9.17) is 16.3 Å². The molecule has 3 rings (SSSR count). The van der Waals surface area contributed by atoms with Crippen molar-refractivity contribution < 1.29 is 9.53 Å². The smallest absolute Gasteiger partial charge is 0.237 e. The number of rotatable bonds is 5. The van der Waals surface area contributed by atoms with E-state index in [9.17, 15) is 4.79 Å². The molecule has 1 N–H and O–H groups in total. The van der Waals surface area contributed by atoms with Crippen LogP contribution in [0.2, 0.25) is 5.02 Å². The van der Waals surface area contributed by atoms with E-state index in [1.165, 1.54) is 22.2 Å². The van der Waals surface area contributed by atoms with Crippen molar-refractivity contribution >= 4 is 56.5 Å². The minimum Gasteiger partial charge on any atom is -0.495 e. The Morgan fingerprint density at radius 1 is 1.35 bits per heavy atom. The number of nitrogens with one attached hydrogen (secondary N) is 1. The number of anilines is 1. The number of hydrogen-bond donors (Lipinski definition) is 1. The molecule has 2 aromatic heterocycles. The fraction of sp³-hybridized carbons (Fsp3) is 0.278. The number of methoxy groups -OCH3 is 1. The van der Waals surface area contributed by atoms with Crippen LogP contribution < -0.4 is 10.1 Å². The SMILES string of the molecule is COc1ccc(NC(=O)[C@@H](C)Sc2ncnc3sc(C)c(C)c23)cc1Cl. The van der Waals surface area contributed by atoms with E-state index in [2.05, 4.69) is 29.1 Å². The first kappa shape index (κ1) is 18.9. The summed E-state index contributed by atoms with van der Waals surface area (Å²) in [7, 11) is 1.55. The fourth-order valence-electron chi connectivity index (χ4n) is 2.45. The van der Waals surface area contributed by atoms with E-state index in [0.29, 0.717) is 16.5 Å². The second kappa shape index (κ2) is 7.82. The lowest BCUT2D eigenvalue weighted by Crippen LogP contribution is -2.22. The maximum Gasteiger partial charge on any atom is 0.237 e. The number of aryl methyl sites for hydroxylation is 2. The summed E-state index contributed by atoms with van der Waals surface area (Å²) in [5, 5.41) is 4.87. The van der Waals surface area contributed by atoms with Gasteiger partial charge in [-0.3, -0.25) is 4.79 Å². The molecule has 0 aliphatic rings. The molecule has 0 spiro atoms. The molecular weight excluding hydrogens is 390 g/mol. The fourth-order valence-corrected chi connectivity index (χ4v) is 4.74. The first-order valence-electron chi connectivity index (χ1n) is 7.92. The van der Waals surface area contributed by atoms with E-state index in [-0.39, 0.29) is 11.2 Å². The van der Waals surface area contributed by atoms with Gasteiger partial charge in [0.05, 0.1) is 17.4 Å². The summed E-state index contributed by atoms with van der Waals surface area (Å²) in [6.45, 7) is 5.99. The molecule has 0 aliphatic heterocycles. The van der Waals surface area contributed by atoms with Crippen molar-refractivity contribution in [3.8, 4) is 5.75 Å². The monoisotopic (exact) mass is 407 g/mol. The van der Waals surface area contributed by atoms with Gasteiger partial charge < -0.3 is 10.1 Å². The number of fused-ring (bicyclic) bond motifs is 1. The van der Waals surface area contributed by atoms with Gasteiger partial charge >= 0.3 is 0 Å². The molecule has 0 saturated heterocycles. The standard InChI is InChI=1S/C18H18ClN3O2S2/c1-9-10(2)25-17-15(9)18(21-8-20-17)26-11(3)16(23)22-12-5-6-14(24-4)13(19)7-12/h5-8,11H,1-4H3,(H,22,23)/t11-/m1/s1. The van der Waals surface area contributed by atoms with Crippen LogP contribution in [0.15, 0.2) is 29.6 Å². The quantitative estimate of drug-likeness (QED) is 0.471. The minimum atomic E-state index is -0.325. The van der Waals surface area contributed by atoms with Crippen molar-refractivity contribution in [3.63, 3.8) is 0 Å². The Balaban J connectivity index is 1.77. The third-order valence-electron chi connectivity index (χ3n) is 4.01. The van der Waals surface area contributed by atoms with Gasteiger partial charge in [0.25, 0.3) is 0 Å². The number of thioether (sulfide) groups is 1. The van der Waals surface area contributed by atoms with Crippen molar-refractivity contribution in [3.05, 3.63) is 40.0 Å². The van der Waals surface area contributed by atoms with Crippen molar-refractivity contribution in [1.29, 1.82) is 0 Å². The van der Waals surface area contributed by atoms with E-state index in [1.54, 1.807) is 43.0 Å². The first-order valence-corrected chi connectivity index (χ1v) is 10.00. The number of thiophene rings is 1. The van der Waals surface area contributed by atoms with E-state index < -0.39 is 0 Å². The van der Waals surface area contributed by atoms with Crippen LogP contribution in [0.25, 0.3) is 10.2 Å². The number of carbonyl (C=O) groups is 1. The Hall–Kier alpha value is -1.83. The summed E-state index contributed by atoms with van der Waals surface area (Å²) in [5.41, 5.74) is 1.80. The number of halogens is 1. The molecule has 26 heavy (non-hydrogen) atoms. The maximum atomic E-state index is 12.6. The van der Waals surface area contributed by atoms with Gasteiger partial charge in [0.1, 0.15) is 21.9 Å². The zero-order chi connectivity index (χ0) is 18.8. The summed E-state index contributed by atoms with van der Waals surface area (Å²) in [6.07, 6.45) is 1.55. The molecule has 2 heterocycles. The lowest BCUT2D eigenvalue weighted by atomic mass is 10.2. The van der Waals surface area contributed by atoms with Gasteiger partial charge in [0.2, 0.25) is 5.91 Å². The second-order valence-electron chi connectivity index (χ2n) is 5.74. The van der Waals surface area contributed by atoms with Gasteiger partial charge in [-0.25, -0.2) is 9.97 Å². The van der Waals surface area contributed by atoms with Crippen molar-refractivity contribution in [2.24, 2.45) is 0 Å². The number of benzene rings is 1. The first-order chi connectivity index (χ1) is 12.4.